The van der Waals surface area contributed by atoms with Crippen LogP contribution in [0.25, 0.3) is 0 Å². The summed E-state index contributed by atoms with van der Waals surface area (Å²) in [6, 6.07) is 3.02. The van der Waals surface area contributed by atoms with E-state index in [4.69, 9.17) is 5.11 Å². The molecule has 0 saturated heterocycles. The molecular formula is C7H9NO2. The fourth-order valence-corrected chi connectivity index (χ4v) is 0.752. The van der Waals surface area contributed by atoms with Gasteiger partial charge in [0.1, 0.15) is 0 Å². The highest BCUT2D eigenvalue weighted by Gasteiger charge is 1.98. The van der Waals surface area contributed by atoms with Crippen molar-refractivity contribution in [3.05, 3.63) is 28.0 Å². The topological polar surface area (TPSA) is 42.2 Å². The predicted molar refractivity (Wildman–Crippen MR) is 38.1 cm³/mol. The molecule has 0 saturated carbocycles. The van der Waals surface area contributed by atoms with Crippen molar-refractivity contribution in [2.75, 3.05) is 0 Å². The minimum absolute atomic E-state index is 0.0347. The van der Waals surface area contributed by atoms with Crippen LogP contribution >= 0.6 is 0 Å². The molecule has 1 N–H and O–H groups in total. The molecule has 3 heteroatoms. The molecule has 10 heavy (non-hydrogen) atoms. The summed E-state index contributed by atoms with van der Waals surface area (Å²) in [4.78, 5) is 10.8. The van der Waals surface area contributed by atoms with Gasteiger partial charge in [-0.1, -0.05) is 0 Å². The Balaban J connectivity index is 3.49. The standard InChI is InChI=1S/C7H9NO2/c1-5-3-4-6(9)8(2)7(5)10/h3-4,10H,1-2H3. The minimum Gasteiger partial charge on any atom is -0.494 e. The van der Waals surface area contributed by atoms with Crippen molar-refractivity contribution in [1.29, 1.82) is 0 Å². The van der Waals surface area contributed by atoms with E-state index in [0.717, 1.165) is 0 Å². The van der Waals surface area contributed by atoms with Crippen molar-refractivity contribution in [2.45, 2.75) is 6.92 Å². The average molecular weight is 139 g/mol. The maximum absolute atomic E-state index is 10.8. The lowest BCUT2D eigenvalue weighted by Gasteiger charge is -2.02. The van der Waals surface area contributed by atoms with Crippen molar-refractivity contribution in [2.24, 2.45) is 7.05 Å². The molecule has 54 valence electrons. The summed E-state index contributed by atoms with van der Waals surface area (Å²) < 4.78 is 1.20. The van der Waals surface area contributed by atoms with E-state index < -0.39 is 0 Å². The second-order valence-electron chi connectivity index (χ2n) is 2.24. The van der Waals surface area contributed by atoms with Gasteiger partial charge in [0.15, 0.2) is 5.88 Å². The number of rotatable bonds is 0. The fraction of sp³-hybridized carbons (Fsp3) is 0.286. The first-order valence-electron chi connectivity index (χ1n) is 2.98. The third-order valence-electron chi connectivity index (χ3n) is 1.48. The van der Waals surface area contributed by atoms with Crippen LogP contribution in [-0.2, 0) is 7.05 Å². The fourth-order valence-electron chi connectivity index (χ4n) is 0.752. The summed E-state index contributed by atoms with van der Waals surface area (Å²) in [7, 11) is 1.53. The molecule has 0 spiro atoms. The van der Waals surface area contributed by atoms with E-state index in [-0.39, 0.29) is 11.4 Å². The lowest BCUT2D eigenvalue weighted by atomic mass is 10.3. The van der Waals surface area contributed by atoms with Gasteiger partial charge in [0, 0.05) is 18.7 Å². The van der Waals surface area contributed by atoms with Crippen molar-refractivity contribution in [1.82, 2.24) is 4.57 Å². The number of hydrogen-bond donors (Lipinski definition) is 1. The lowest BCUT2D eigenvalue weighted by molar-refractivity contribution is 0.419. The highest BCUT2D eigenvalue weighted by molar-refractivity contribution is 5.23. The maximum Gasteiger partial charge on any atom is 0.253 e. The summed E-state index contributed by atoms with van der Waals surface area (Å²) in [6.07, 6.45) is 0. The molecule has 1 aromatic heterocycles. The molecule has 0 aromatic carbocycles. The van der Waals surface area contributed by atoms with Gasteiger partial charge in [-0.15, -0.1) is 0 Å². The smallest absolute Gasteiger partial charge is 0.253 e. The number of aromatic nitrogens is 1. The quantitative estimate of drug-likeness (QED) is 0.565. The second kappa shape index (κ2) is 2.17. The summed E-state index contributed by atoms with van der Waals surface area (Å²) in [5.74, 6) is 0.0347. The van der Waals surface area contributed by atoms with Crippen LogP contribution in [0.3, 0.4) is 0 Å². The van der Waals surface area contributed by atoms with E-state index >= 15 is 0 Å². The van der Waals surface area contributed by atoms with E-state index in [2.05, 4.69) is 0 Å². The Morgan fingerprint density at radius 3 is 2.60 bits per heavy atom. The Hall–Kier alpha value is -1.25. The first kappa shape index (κ1) is 6.86. The van der Waals surface area contributed by atoms with Gasteiger partial charge in [0.25, 0.3) is 5.56 Å². The monoisotopic (exact) mass is 139 g/mol. The Morgan fingerprint density at radius 2 is 2.10 bits per heavy atom. The zero-order chi connectivity index (χ0) is 7.72. The minimum atomic E-state index is -0.192. The molecule has 0 radical (unpaired) electrons. The summed E-state index contributed by atoms with van der Waals surface area (Å²) in [5.41, 5.74) is 0.519. The van der Waals surface area contributed by atoms with Crippen molar-refractivity contribution in [3.63, 3.8) is 0 Å². The van der Waals surface area contributed by atoms with E-state index in [0.29, 0.717) is 5.56 Å². The summed E-state index contributed by atoms with van der Waals surface area (Å²) in [6.45, 7) is 1.74. The van der Waals surface area contributed by atoms with Crippen LogP contribution in [0.5, 0.6) is 5.88 Å². The van der Waals surface area contributed by atoms with Crippen molar-refractivity contribution in [3.8, 4) is 5.88 Å². The van der Waals surface area contributed by atoms with E-state index in [9.17, 15) is 4.79 Å². The Morgan fingerprint density at radius 1 is 1.50 bits per heavy atom. The molecule has 0 atom stereocenters. The van der Waals surface area contributed by atoms with Gasteiger partial charge < -0.3 is 5.11 Å². The lowest BCUT2D eigenvalue weighted by Crippen LogP contribution is -2.14. The van der Waals surface area contributed by atoms with Crippen LogP contribution in [0.4, 0.5) is 0 Å². The van der Waals surface area contributed by atoms with Gasteiger partial charge in [0.05, 0.1) is 0 Å². The zero-order valence-electron chi connectivity index (χ0n) is 5.96. The number of aromatic hydroxyl groups is 1. The number of nitrogens with zero attached hydrogens (tertiary/aromatic N) is 1. The van der Waals surface area contributed by atoms with Crippen LogP contribution < -0.4 is 5.56 Å². The van der Waals surface area contributed by atoms with Crippen molar-refractivity contribution >= 4 is 0 Å². The number of pyridine rings is 1. The third kappa shape index (κ3) is 0.900. The SMILES string of the molecule is Cc1ccc(=O)n(C)c1O. The molecule has 0 aliphatic heterocycles. The largest absolute Gasteiger partial charge is 0.494 e. The molecule has 0 bridgehead atoms. The highest BCUT2D eigenvalue weighted by Crippen LogP contribution is 2.09. The Bertz CT molecular complexity index is 301. The molecular weight excluding hydrogens is 130 g/mol. The van der Waals surface area contributed by atoms with Gasteiger partial charge in [0.2, 0.25) is 0 Å². The number of aryl methyl sites for hydroxylation is 1. The first-order chi connectivity index (χ1) is 4.63. The van der Waals surface area contributed by atoms with E-state index in [1.807, 2.05) is 0 Å². The Labute approximate surface area is 58.5 Å². The van der Waals surface area contributed by atoms with E-state index in [1.54, 1.807) is 13.0 Å². The van der Waals surface area contributed by atoms with Crippen LogP contribution in [0, 0.1) is 6.92 Å². The maximum atomic E-state index is 10.8. The molecule has 0 amide bonds. The van der Waals surface area contributed by atoms with Gasteiger partial charge >= 0.3 is 0 Å². The normalized spacial score (nSPS) is 9.80. The van der Waals surface area contributed by atoms with Gasteiger partial charge in [-0.2, -0.15) is 0 Å². The zero-order valence-corrected chi connectivity index (χ0v) is 5.96. The predicted octanol–water partition coefficient (Wildman–Crippen LogP) is 0.399. The van der Waals surface area contributed by atoms with Gasteiger partial charge in [-0.3, -0.25) is 9.36 Å². The molecule has 1 rings (SSSR count). The summed E-state index contributed by atoms with van der Waals surface area (Å²) in [5, 5.41) is 9.15. The Kier molecular flexibility index (Phi) is 1.49. The molecule has 0 fully saturated rings. The van der Waals surface area contributed by atoms with Gasteiger partial charge in [-0.05, 0) is 13.0 Å². The first-order valence-corrected chi connectivity index (χ1v) is 2.98. The van der Waals surface area contributed by atoms with Crippen LogP contribution in [0.15, 0.2) is 16.9 Å². The van der Waals surface area contributed by atoms with Crippen LogP contribution in [0.2, 0.25) is 0 Å². The molecule has 0 unspecified atom stereocenters. The van der Waals surface area contributed by atoms with Crippen molar-refractivity contribution < 1.29 is 5.11 Å². The van der Waals surface area contributed by atoms with Gasteiger partial charge in [-0.25, -0.2) is 0 Å². The average Bonchev–Trinajstić information content (AvgIpc) is 1.93. The second-order valence-corrected chi connectivity index (χ2v) is 2.24. The molecule has 1 aromatic rings. The van der Waals surface area contributed by atoms with Crippen LogP contribution in [-0.4, -0.2) is 9.67 Å². The van der Waals surface area contributed by atoms with E-state index in [1.165, 1.54) is 17.7 Å². The molecule has 3 nitrogen and oxygen atoms in total. The molecule has 1 heterocycles. The van der Waals surface area contributed by atoms with Crippen LogP contribution in [0.1, 0.15) is 5.56 Å². The highest BCUT2D eigenvalue weighted by atomic mass is 16.3. The third-order valence-corrected chi connectivity index (χ3v) is 1.48. The molecule has 0 aliphatic rings. The molecule has 0 aliphatic carbocycles. The number of hydrogen-bond acceptors (Lipinski definition) is 2. The summed E-state index contributed by atoms with van der Waals surface area (Å²) >= 11 is 0.